The monoisotopic (exact) mass is 272 g/mol. The largest absolute Gasteiger partial charge is 0.326 e. The van der Waals surface area contributed by atoms with Gasteiger partial charge in [0.15, 0.2) is 0 Å². The zero-order valence-corrected chi connectivity index (χ0v) is 12.5. The topological polar surface area (TPSA) is 36.1 Å². The van der Waals surface area contributed by atoms with E-state index in [0.717, 1.165) is 24.2 Å². The number of likely N-dealkylation sites (tertiary alicyclic amines) is 1. The van der Waals surface area contributed by atoms with Gasteiger partial charge in [0.1, 0.15) is 0 Å². The van der Waals surface area contributed by atoms with Crippen molar-refractivity contribution < 1.29 is 0 Å². The molecule has 2 aliphatic carbocycles. The maximum absolute atomic E-state index is 11.7. The lowest BCUT2D eigenvalue weighted by Gasteiger charge is -2.60. The molecular weight excluding hydrogens is 248 g/mol. The summed E-state index contributed by atoms with van der Waals surface area (Å²) in [5.41, 5.74) is 2.90. The number of H-pyrrole nitrogens is 1. The van der Waals surface area contributed by atoms with Gasteiger partial charge in [-0.3, -0.25) is 9.69 Å². The van der Waals surface area contributed by atoms with E-state index in [0.29, 0.717) is 0 Å². The lowest BCUT2D eigenvalue weighted by molar-refractivity contribution is -0.0790. The lowest BCUT2D eigenvalue weighted by Crippen LogP contribution is -2.61. The van der Waals surface area contributed by atoms with Crippen LogP contribution in [-0.2, 0) is 12.0 Å². The van der Waals surface area contributed by atoms with Crippen molar-refractivity contribution in [3.8, 4) is 0 Å². The number of piperidine rings is 1. The molecule has 108 valence electrons. The Labute approximate surface area is 120 Å². The van der Waals surface area contributed by atoms with E-state index in [4.69, 9.17) is 0 Å². The molecule has 20 heavy (non-hydrogen) atoms. The molecule has 3 nitrogen and oxygen atoms in total. The van der Waals surface area contributed by atoms with Crippen molar-refractivity contribution in [3.05, 3.63) is 33.7 Å². The van der Waals surface area contributed by atoms with E-state index in [9.17, 15) is 4.79 Å². The van der Waals surface area contributed by atoms with Crippen LogP contribution >= 0.6 is 0 Å². The summed E-state index contributed by atoms with van der Waals surface area (Å²) in [5.74, 6) is 2.33. The Balaban J connectivity index is 1.95. The first-order chi connectivity index (χ1) is 9.61. The number of nitrogens with zero attached hydrogens (tertiary/aromatic N) is 1. The van der Waals surface area contributed by atoms with Gasteiger partial charge in [-0.05, 0) is 75.1 Å². The summed E-state index contributed by atoms with van der Waals surface area (Å²) < 4.78 is 0. The molecule has 0 aromatic carbocycles. The minimum absolute atomic E-state index is 0.0585. The van der Waals surface area contributed by atoms with E-state index in [-0.39, 0.29) is 11.1 Å². The molecule has 1 aromatic heterocycles. The molecule has 2 heterocycles. The van der Waals surface area contributed by atoms with Crippen LogP contribution in [0.3, 0.4) is 0 Å². The number of pyridine rings is 1. The fraction of sp³-hybridized carbons (Fsp3) is 0.706. The molecule has 0 unspecified atom stereocenters. The van der Waals surface area contributed by atoms with Crippen molar-refractivity contribution in [2.24, 2.45) is 17.8 Å². The van der Waals surface area contributed by atoms with Crippen LogP contribution < -0.4 is 5.56 Å². The summed E-state index contributed by atoms with van der Waals surface area (Å²) in [7, 11) is 2.29. The van der Waals surface area contributed by atoms with Crippen molar-refractivity contribution in [2.45, 2.75) is 44.6 Å². The molecule has 0 amide bonds. The predicted molar refractivity (Wildman–Crippen MR) is 79.7 cm³/mol. The maximum Gasteiger partial charge on any atom is 0.248 e. The van der Waals surface area contributed by atoms with Crippen LogP contribution in [0, 0.1) is 17.8 Å². The van der Waals surface area contributed by atoms with Gasteiger partial charge >= 0.3 is 0 Å². The Bertz CT molecular complexity index is 593. The quantitative estimate of drug-likeness (QED) is 0.788. The van der Waals surface area contributed by atoms with Crippen LogP contribution in [0.25, 0.3) is 0 Å². The van der Waals surface area contributed by atoms with Gasteiger partial charge in [0.25, 0.3) is 0 Å². The second-order valence-electron chi connectivity index (χ2n) is 7.32. The van der Waals surface area contributed by atoms with Crippen molar-refractivity contribution in [1.29, 1.82) is 0 Å². The number of aromatic nitrogens is 1. The van der Waals surface area contributed by atoms with Crippen molar-refractivity contribution in [3.63, 3.8) is 0 Å². The number of nitrogens with one attached hydrogen (secondary N) is 1. The minimum Gasteiger partial charge on any atom is -0.326 e. The summed E-state index contributed by atoms with van der Waals surface area (Å²) in [6.45, 7) is 3.60. The molecule has 1 N–H and O–H groups in total. The smallest absolute Gasteiger partial charge is 0.248 e. The van der Waals surface area contributed by atoms with Gasteiger partial charge in [-0.25, -0.2) is 0 Å². The van der Waals surface area contributed by atoms with E-state index in [1.165, 1.54) is 43.5 Å². The fourth-order valence-corrected chi connectivity index (χ4v) is 5.59. The highest BCUT2D eigenvalue weighted by molar-refractivity contribution is 5.35. The van der Waals surface area contributed by atoms with E-state index in [1.54, 1.807) is 6.07 Å². The summed E-state index contributed by atoms with van der Waals surface area (Å²) in [6.07, 6.45) is 6.35. The lowest BCUT2D eigenvalue weighted by atomic mass is 9.53. The Morgan fingerprint density at radius 1 is 1.40 bits per heavy atom. The number of hydrogen-bond donors (Lipinski definition) is 1. The maximum atomic E-state index is 11.7. The summed E-state index contributed by atoms with van der Waals surface area (Å²) >= 11 is 0. The van der Waals surface area contributed by atoms with Crippen molar-refractivity contribution in [1.82, 2.24) is 9.88 Å². The highest BCUT2D eigenvalue weighted by Gasteiger charge is 2.55. The van der Waals surface area contributed by atoms with Gasteiger partial charge in [-0.15, -0.1) is 0 Å². The Morgan fingerprint density at radius 2 is 2.25 bits per heavy atom. The molecule has 2 bridgehead atoms. The molecule has 3 aliphatic rings. The molecule has 4 atom stereocenters. The first kappa shape index (κ1) is 12.6. The highest BCUT2D eigenvalue weighted by atomic mass is 16.1. The molecule has 0 radical (unpaired) electrons. The zero-order chi connectivity index (χ0) is 13.9. The number of aromatic amines is 1. The molecule has 1 aromatic rings. The average molecular weight is 272 g/mol. The Morgan fingerprint density at radius 3 is 3.10 bits per heavy atom. The molecule has 1 saturated carbocycles. The van der Waals surface area contributed by atoms with Gasteiger partial charge < -0.3 is 4.98 Å². The van der Waals surface area contributed by atoms with Gasteiger partial charge in [0.2, 0.25) is 5.56 Å². The minimum atomic E-state index is 0.0585. The molecule has 1 saturated heterocycles. The third-order valence-corrected chi connectivity index (χ3v) is 6.17. The van der Waals surface area contributed by atoms with Gasteiger partial charge in [0, 0.05) is 11.8 Å². The second kappa shape index (κ2) is 4.20. The molecular formula is C17H24N2O. The van der Waals surface area contributed by atoms with E-state index in [1.807, 2.05) is 0 Å². The molecule has 3 heteroatoms. The molecule has 0 spiro atoms. The third-order valence-electron chi connectivity index (χ3n) is 6.17. The Hall–Kier alpha value is -1.09. The first-order valence-electron chi connectivity index (χ1n) is 8.05. The first-order valence-corrected chi connectivity index (χ1v) is 8.05. The highest BCUT2D eigenvalue weighted by Crippen LogP contribution is 2.57. The fourth-order valence-electron chi connectivity index (χ4n) is 5.59. The molecule has 1 aliphatic heterocycles. The van der Waals surface area contributed by atoms with Gasteiger partial charge in [-0.1, -0.05) is 6.92 Å². The van der Waals surface area contributed by atoms with Crippen LogP contribution in [0.4, 0.5) is 0 Å². The third kappa shape index (κ3) is 1.53. The predicted octanol–water partition coefficient (Wildman–Crippen LogP) is 2.51. The van der Waals surface area contributed by atoms with E-state index >= 15 is 0 Å². The number of fused-ring (bicyclic) bond motifs is 1. The second-order valence-corrected chi connectivity index (χ2v) is 7.32. The van der Waals surface area contributed by atoms with Crippen molar-refractivity contribution in [2.75, 3.05) is 13.6 Å². The van der Waals surface area contributed by atoms with Crippen LogP contribution in [0.2, 0.25) is 0 Å². The summed E-state index contributed by atoms with van der Waals surface area (Å²) in [6, 6.07) is 3.85. The van der Waals surface area contributed by atoms with Crippen LogP contribution in [0.15, 0.2) is 16.9 Å². The molecule has 4 rings (SSSR count). The van der Waals surface area contributed by atoms with E-state index in [2.05, 4.69) is 29.9 Å². The normalized spacial score (nSPS) is 40.0. The summed E-state index contributed by atoms with van der Waals surface area (Å²) in [4.78, 5) is 17.4. The van der Waals surface area contributed by atoms with Gasteiger partial charge in [0.05, 0.1) is 5.54 Å². The number of hydrogen-bond acceptors (Lipinski definition) is 2. The van der Waals surface area contributed by atoms with Crippen LogP contribution in [0.1, 0.15) is 43.9 Å². The van der Waals surface area contributed by atoms with E-state index < -0.39 is 0 Å². The number of rotatable bonds is 0. The van der Waals surface area contributed by atoms with Crippen molar-refractivity contribution >= 4 is 0 Å². The molecule has 2 fully saturated rings. The van der Waals surface area contributed by atoms with Crippen LogP contribution in [-0.4, -0.2) is 23.5 Å². The zero-order valence-electron chi connectivity index (χ0n) is 12.5. The average Bonchev–Trinajstić information content (AvgIpc) is 2.39. The van der Waals surface area contributed by atoms with Crippen LogP contribution in [0.5, 0.6) is 0 Å². The SMILES string of the molecule is C[C@@H]1C[C@H]2Cc3[nH]c(=O)ccc3[C@@]3(C1)[C@@H]2CCCN3C. The summed E-state index contributed by atoms with van der Waals surface area (Å²) in [5, 5.41) is 0. The standard InChI is InChI=1S/C17H24N2O/c1-11-8-12-9-15-14(5-6-16(20)18-15)17(10-11)13(12)4-3-7-19(17)2/h5-6,11-13H,3-4,7-10H2,1-2H3,(H,18,20)/t11-,12+,13-,17-/m1/s1. The Kier molecular flexibility index (Phi) is 2.65. The van der Waals surface area contributed by atoms with Gasteiger partial charge in [-0.2, -0.15) is 0 Å².